The average Bonchev–Trinajstić information content (AvgIpc) is 2.56. The summed E-state index contributed by atoms with van der Waals surface area (Å²) in [6.45, 7) is 8.55. The minimum Gasteiger partial charge on any atom is -0.459 e. The van der Waals surface area contributed by atoms with Crippen molar-refractivity contribution in [3.63, 3.8) is 0 Å². The van der Waals surface area contributed by atoms with Crippen LogP contribution in [0.5, 0.6) is 0 Å². The molecule has 0 spiro atoms. The summed E-state index contributed by atoms with van der Waals surface area (Å²) in [6.07, 6.45) is 2.72. The molecule has 0 aliphatic heterocycles. The monoisotopic (exact) mass is 334 g/mol. The van der Waals surface area contributed by atoms with Crippen LogP contribution in [0.1, 0.15) is 67.7 Å². The zero-order valence-electron chi connectivity index (χ0n) is 15.5. The quantitative estimate of drug-likeness (QED) is 0.466. The van der Waals surface area contributed by atoms with E-state index in [4.69, 9.17) is 9.47 Å². The van der Waals surface area contributed by atoms with Crippen LogP contribution in [-0.4, -0.2) is 31.6 Å². The van der Waals surface area contributed by atoms with Crippen LogP contribution in [0.2, 0.25) is 0 Å². The lowest BCUT2D eigenvalue weighted by Gasteiger charge is -2.23. The fourth-order valence-corrected chi connectivity index (χ4v) is 2.51. The maximum absolute atomic E-state index is 12.4. The summed E-state index contributed by atoms with van der Waals surface area (Å²) in [5.41, 5.74) is 0.958. The van der Waals surface area contributed by atoms with Crippen molar-refractivity contribution in [3.8, 4) is 0 Å². The van der Waals surface area contributed by atoms with Crippen LogP contribution >= 0.6 is 0 Å². The molecule has 0 N–H and O–H groups in total. The summed E-state index contributed by atoms with van der Waals surface area (Å²) in [7, 11) is 1.71. The second-order valence-electron chi connectivity index (χ2n) is 6.79. The number of carbonyl (C=O) groups is 2. The van der Waals surface area contributed by atoms with Crippen molar-refractivity contribution in [1.82, 2.24) is 0 Å². The molecule has 0 radical (unpaired) electrons. The van der Waals surface area contributed by atoms with Gasteiger partial charge in [-0.15, -0.1) is 0 Å². The van der Waals surface area contributed by atoms with Gasteiger partial charge in [0.1, 0.15) is 6.10 Å². The van der Waals surface area contributed by atoms with Gasteiger partial charge in [-0.25, -0.2) is 4.79 Å². The van der Waals surface area contributed by atoms with E-state index >= 15 is 0 Å². The molecule has 0 amide bonds. The Hall–Kier alpha value is -1.68. The molecule has 0 fully saturated rings. The molecule has 1 rings (SSSR count). The van der Waals surface area contributed by atoms with Crippen molar-refractivity contribution in [1.29, 1.82) is 0 Å². The number of rotatable bonds is 10. The van der Waals surface area contributed by atoms with Crippen LogP contribution in [0.4, 0.5) is 0 Å². The Bertz CT molecular complexity index is 536. The van der Waals surface area contributed by atoms with E-state index < -0.39 is 0 Å². The highest BCUT2D eigenvalue weighted by Crippen LogP contribution is 2.20. The number of ether oxygens (including phenoxy) is 2. The van der Waals surface area contributed by atoms with Gasteiger partial charge in [-0.1, -0.05) is 32.9 Å². The second-order valence-corrected chi connectivity index (χ2v) is 6.79. The number of methoxy groups -OCH3 is 1. The summed E-state index contributed by atoms with van der Waals surface area (Å²) < 4.78 is 10.8. The Kier molecular flexibility index (Phi) is 8.69. The number of esters is 1. The van der Waals surface area contributed by atoms with E-state index in [0.717, 1.165) is 25.9 Å². The molecule has 0 saturated carbocycles. The second kappa shape index (κ2) is 10.2. The Labute approximate surface area is 145 Å². The summed E-state index contributed by atoms with van der Waals surface area (Å²) in [6, 6.07) is 6.71. The predicted molar refractivity (Wildman–Crippen MR) is 95.4 cm³/mol. The minimum atomic E-state index is -0.360. The zero-order chi connectivity index (χ0) is 18.1. The first-order valence-corrected chi connectivity index (χ1v) is 8.66. The Balaban J connectivity index is 2.66. The number of hydrogen-bond donors (Lipinski definition) is 0. The highest BCUT2D eigenvalue weighted by molar-refractivity contribution is 5.97. The molecule has 0 bridgehead atoms. The van der Waals surface area contributed by atoms with Crippen LogP contribution in [0.25, 0.3) is 0 Å². The largest absolute Gasteiger partial charge is 0.459 e. The maximum Gasteiger partial charge on any atom is 0.338 e. The van der Waals surface area contributed by atoms with Crippen molar-refractivity contribution in [3.05, 3.63) is 35.4 Å². The maximum atomic E-state index is 12.4. The first-order chi connectivity index (χ1) is 11.3. The third kappa shape index (κ3) is 6.83. The van der Waals surface area contributed by atoms with Gasteiger partial charge in [-0.3, -0.25) is 4.79 Å². The van der Waals surface area contributed by atoms with E-state index in [1.165, 1.54) is 6.92 Å². The molecule has 1 aromatic rings. The fraction of sp³-hybridized carbons (Fsp3) is 0.600. The Morgan fingerprint density at radius 2 is 1.71 bits per heavy atom. The lowest BCUT2D eigenvalue weighted by Crippen LogP contribution is -2.24. The predicted octanol–water partition coefficient (Wildman–Crippen LogP) is 4.52. The molecular weight excluding hydrogens is 304 g/mol. The summed E-state index contributed by atoms with van der Waals surface area (Å²) >= 11 is 0. The highest BCUT2D eigenvalue weighted by atomic mass is 16.5. The summed E-state index contributed by atoms with van der Waals surface area (Å²) in [5.74, 6) is 0.365. The third-order valence-electron chi connectivity index (χ3n) is 4.27. The van der Waals surface area contributed by atoms with Gasteiger partial charge in [-0.05, 0) is 50.2 Å². The van der Waals surface area contributed by atoms with E-state index in [0.29, 0.717) is 17.0 Å². The number of ketones is 1. The van der Waals surface area contributed by atoms with Crippen LogP contribution < -0.4 is 0 Å². The number of carbonyl (C=O) groups excluding carboxylic acids is 2. The van der Waals surface area contributed by atoms with Gasteiger partial charge in [-0.2, -0.15) is 0 Å². The first-order valence-electron chi connectivity index (χ1n) is 8.66. The van der Waals surface area contributed by atoms with E-state index in [1.54, 1.807) is 31.4 Å². The molecule has 0 saturated heterocycles. The highest BCUT2D eigenvalue weighted by Gasteiger charge is 2.20. The van der Waals surface area contributed by atoms with Gasteiger partial charge in [0, 0.05) is 19.3 Å². The van der Waals surface area contributed by atoms with Crippen LogP contribution in [-0.2, 0) is 9.47 Å². The van der Waals surface area contributed by atoms with Crippen molar-refractivity contribution in [2.24, 2.45) is 11.8 Å². The van der Waals surface area contributed by atoms with E-state index in [2.05, 4.69) is 20.8 Å². The molecule has 0 aromatic heterocycles. The van der Waals surface area contributed by atoms with Gasteiger partial charge in [0.25, 0.3) is 0 Å². The Morgan fingerprint density at radius 3 is 2.29 bits per heavy atom. The number of benzene rings is 1. The first kappa shape index (κ1) is 20.4. The third-order valence-corrected chi connectivity index (χ3v) is 4.27. The molecule has 134 valence electrons. The topological polar surface area (TPSA) is 52.6 Å². The molecule has 2 unspecified atom stereocenters. The molecule has 24 heavy (non-hydrogen) atoms. The number of Topliss-reactive ketones (excluding diaryl/α,β-unsaturated/α-hetero) is 1. The smallest absolute Gasteiger partial charge is 0.338 e. The van der Waals surface area contributed by atoms with Crippen LogP contribution in [0, 0.1) is 11.8 Å². The molecule has 4 nitrogen and oxygen atoms in total. The van der Waals surface area contributed by atoms with E-state index in [1.807, 2.05) is 0 Å². The van der Waals surface area contributed by atoms with Crippen molar-refractivity contribution < 1.29 is 19.1 Å². The summed E-state index contributed by atoms with van der Waals surface area (Å²) in [5, 5.41) is 0. The lowest BCUT2D eigenvalue weighted by molar-refractivity contribution is 0.0138. The zero-order valence-corrected chi connectivity index (χ0v) is 15.5. The minimum absolute atomic E-state index is 0.0583. The number of hydrogen-bond acceptors (Lipinski definition) is 4. The lowest BCUT2D eigenvalue weighted by atomic mass is 9.95. The SMILES string of the molecule is COCCC(C)CCC(OC(=O)c1cccc(C(C)=O)c1)C(C)C. The summed E-state index contributed by atoms with van der Waals surface area (Å²) in [4.78, 5) is 23.8. The standard InChI is InChI=1S/C20H30O4/c1-14(2)19(10-9-15(3)11-12-23-5)24-20(22)18-8-6-7-17(13-18)16(4)21/h6-8,13-15,19H,9-12H2,1-5H3. The molecule has 0 aliphatic carbocycles. The fourth-order valence-electron chi connectivity index (χ4n) is 2.51. The van der Waals surface area contributed by atoms with E-state index in [9.17, 15) is 9.59 Å². The van der Waals surface area contributed by atoms with Crippen molar-refractivity contribution in [2.45, 2.75) is 53.1 Å². The Morgan fingerprint density at radius 1 is 1.04 bits per heavy atom. The van der Waals surface area contributed by atoms with Gasteiger partial charge < -0.3 is 9.47 Å². The van der Waals surface area contributed by atoms with Crippen molar-refractivity contribution in [2.75, 3.05) is 13.7 Å². The normalized spacial score (nSPS) is 13.6. The molecule has 4 heteroatoms. The average molecular weight is 334 g/mol. The van der Waals surface area contributed by atoms with Crippen LogP contribution in [0.3, 0.4) is 0 Å². The van der Waals surface area contributed by atoms with Gasteiger partial charge in [0.2, 0.25) is 0 Å². The molecule has 0 aliphatic rings. The van der Waals surface area contributed by atoms with Crippen molar-refractivity contribution >= 4 is 11.8 Å². The van der Waals surface area contributed by atoms with E-state index in [-0.39, 0.29) is 23.8 Å². The molecular formula is C20H30O4. The van der Waals surface area contributed by atoms with Gasteiger partial charge in [0.15, 0.2) is 5.78 Å². The van der Waals surface area contributed by atoms with Crippen LogP contribution in [0.15, 0.2) is 24.3 Å². The van der Waals surface area contributed by atoms with Gasteiger partial charge in [0.05, 0.1) is 5.56 Å². The molecule has 2 atom stereocenters. The molecule has 1 aromatic carbocycles. The molecule has 0 heterocycles. The van der Waals surface area contributed by atoms with Gasteiger partial charge >= 0.3 is 5.97 Å².